The molecule has 27 heavy (non-hydrogen) atoms. The van der Waals surface area contributed by atoms with Crippen molar-refractivity contribution in [2.75, 3.05) is 19.6 Å². The first-order valence-electron chi connectivity index (χ1n) is 10.4. The zero-order chi connectivity index (χ0) is 19.5. The Morgan fingerprint density at radius 1 is 1.15 bits per heavy atom. The van der Waals surface area contributed by atoms with E-state index in [1.165, 1.54) is 63.6 Å². The highest BCUT2D eigenvalue weighted by Gasteiger charge is 2.19. The number of rotatable bonds is 12. The number of nitrogens with zero attached hydrogens (tertiary/aromatic N) is 1. The molecule has 0 aliphatic carbocycles. The fraction of sp³-hybridized carbons (Fsp3) is 0.714. The maximum absolute atomic E-state index is 13.5. The molecular formula is C21H34ClFN2O2. The number of phenolic OH excluding ortho intramolecular Hbond substituents is 1. The van der Waals surface area contributed by atoms with Crippen LogP contribution in [0.4, 0.5) is 4.39 Å². The predicted octanol–water partition coefficient (Wildman–Crippen LogP) is 5.42. The van der Waals surface area contributed by atoms with Crippen LogP contribution in [0.25, 0.3) is 0 Å². The molecule has 154 valence electrons. The zero-order valence-corrected chi connectivity index (χ0v) is 17.2. The molecule has 2 rings (SSSR count). The van der Waals surface area contributed by atoms with Crippen molar-refractivity contribution in [2.24, 2.45) is 0 Å². The number of halogens is 2. The molecule has 0 unspecified atom stereocenters. The molecule has 4 nitrogen and oxygen atoms in total. The number of phenols is 1. The second-order valence-corrected chi connectivity index (χ2v) is 7.90. The summed E-state index contributed by atoms with van der Waals surface area (Å²) in [6.07, 6.45) is 11.6. The van der Waals surface area contributed by atoms with Gasteiger partial charge in [0.25, 0.3) is 0 Å². The second-order valence-electron chi connectivity index (χ2n) is 7.50. The van der Waals surface area contributed by atoms with Crippen molar-refractivity contribution in [3.8, 4) is 5.75 Å². The van der Waals surface area contributed by atoms with Crippen LogP contribution in [0.5, 0.6) is 5.75 Å². The monoisotopic (exact) mass is 400 g/mol. The molecule has 0 bridgehead atoms. The normalized spacial score (nSPS) is 16.1. The van der Waals surface area contributed by atoms with E-state index in [1.54, 1.807) is 0 Å². The fourth-order valence-electron chi connectivity index (χ4n) is 3.50. The van der Waals surface area contributed by atoms with Crippen molar-refractivity contribution in [1.82, 2.24) is 10.4 Å². The van der Waals surface area contributed by atoms with Crippen LogP contribution in [-0.4, -0.2) is 35.7 Å². The highest BCUT2D eigenvalue weighted by Crippen LogP contribution is 2.25. The Morgan fingerprint density at radius 2 is 1.81 bits per heavy atom. The van der Waals surface area contributed by atoms with E-state index < -0.39 is 5.82 Å². The van der Waals surface area contributed by atoms with Crippen molar-refractivity contribution < 1.29 is 14.3 Å². The molecule has 2 N–H and O–H groups in total. The molecule has 1 aromatic carbocycles. The minimum absolute atomic E-state index is 0.0259. The first-order valence-corrected chi connectivity index (χ1v) is 10.8. The average molecular weight is 401 g/mol. The van der Waals surface area contributed by atoms with Crippen LogP contribution in [-0.2, 0) is 11.4 Å². The first-order chi connectivity index (χ1) is 13.1. The van der Waals surface area contributed by atoms with E-state index in [0.717, 1.165) is 25.9 Å². The first kappa shape index (κ1) is 22.4. The van der Waals surface area contributed by atoms with E-state index in [9.17, 15) is 9.50 Å². The Balaban J connectivity index is 1.54. The number of aromatic hydroxyl groups is 1. The molecule has 6 heteroatoms. The van der Waals surface area contributed by atoms with E-state index in [4.69, 9.17) is 16.4 Å². The summed E-state index contributed by atoms with van der Waals surface area (Å²) in [5, 5.41) is 9.72. The second kappa shape index (κ2) is 12.6. The Morgan fingerprint density at radius 3 is 2.52 bits per heavy atom. The van der Waals surface area contributed by atoms with E-state index in [2.05, 4.69) is 17.3 Å². The van der Waals surface area contributed by atoms with Gasteiger partial charge in [-0.3, -0.25) is 4.84 Å². The number of hydrogen-bond acceptors (Lipinski definition) is 4. The summed E-state index contributed by atoms with van der Waals surface area (Å²) in [6, 6.07) is 2.45. The van der Waals surface area contributed by atoms with Gasteiger partial charge in [0.15, 0.2) is 0 Å². The van der Waals surface area contributed by atoms with Crippen molar-refractivity contribution in [1.29, 1.82) is 0 Å². The van der Waals surface area contributed by atoms with E-state index in [-0.39, 0.29) is 23.4 Å². The third-order valence-electron chi connectivity index (χ3n) is 5.25. The summed E-state index contributed by atoms with van der Waals surface area (Å²) >= 11 is 5.64. The highest BCUT2D eigenvalue weighted by molar-refractivity contribution is 6.30. The fourth-order valence-corrected chi connectivity index (χ4v) is 3.66. The summed E-state index contributed by atoms with van der Waals surface area (Å²) < 4.78 is 13.5. The van der Waals surface area contributed by atoms with Gasteiger partial charge in [0, 0.05) is 31.3 Å². The van der Waals surface area contributed by atoms with Gasteiger partial charge in [-0.25, -0.2) is 4.39 Å². The maximum Gasteiger partial charge on any atom is 0.142 e. The maximum atomic E-state index is 13.5. The summed E-state index contributed by atoms with van der Waals surface area (Å²) in [6.45, 7) is 5.81. The van der Waals surface area contributed by atoms with Gasteiger partial charge in [0.1, 0.15) is 11.6 Å². The van der Waals surface area contributed by atoms with Crippen LogP contribution < -0.4 is 5.48 Å². The number of unbranched alkanes of at least 4 members (excludes halogenated alkanes) is 6. The average Bonchev–Trinajstić information content (AvgIpc) is 2.66. The zero-order valence-electron chi connectivity index (χ0n) is 16.5. The summed E-state index contributed by atoms with van der Waals surface area (Å²) in [5.41, 5.74) is 3.30. The van der Waals surface area contributed by atoms with Crippen LogP contribution in [0.15, 0.2) is 12.1 Å². The van der Waals surface area contributed by atoms with E-state index in [0.29, 0.717) is 5.56 Å². The number of benzene rings is 1. The Hall–Kier alpha value is -0.880. The molecule has 0 radical (unpaired) electrons. The topological polar surface area (TPSA) is 44.7 Å². The molecule has 1 aliphatic heterocycles. The van der Waals surface area contributed by atoms with Crippen LogP contribution in [0.3, 0.4) is 0 Å². The summed E-state index contributed by atoms with van der Waals surface area (Å²) in [4.78, 5) is 8.22. The third kappa shape index (κ3) is 8.34. The molecule has 0 saturated carbocycles. The number of hydrogen-bond donors (Lipinski definition) is 2. The molecule has 1 aromatic rings. The quantitative estimate of drug-likeness (QED) is 0.363. The largest absolute Gasteiger partial charge is 0.508 e. The van der Waals surface area contributed by atoms with Crippen LogP contribution in [0, 0.1) is 5.82 Å². The van der Waals surface area contributed by atoms with E-state index >= 15 is 0 Å². The lowest BCUT2D eigenvalue weighted by atomic mass is 10.1. The number of nitrogens with one attached hydrogen (secondary N) is 1. The van der Waals surface area contributed by atoms with Gasteiger partial charge >= 0.3 is 0 Å². The Kier molecular flexibility index (Phi) is 10.4. The SMILES string of the molecule is CCCCCCCCCN1CCC(ONCc2cc(F)c(Cl)cc2O)CC1. The molecule has 1 heterocycles. The summed E-state index contributed by atoms with van der Waals surface area (Å²) in [7, 11) is 0. The predicted molar refractivity (Wildman–Crippen MR) is 108 cm³/mol. The van der Waals surface area contributed by atoms with Gasteiger partial charge in [0.2, 0.25) is 0 Å². The molecule has 0 aromatic heterocycles. The highest BCUT2D eigenvalue weighted by atomic mass is 35.5. The van der Waals surface area contributed by atoms with E-state index in [1.807, 2.05) is 0 Å². The standard InChI is InChI=1S/C21H34ClFN2O2/c1-2-3-4-5-6-7-8-11-25-12-9-18(10-13-25)27-24-16-17-14-20(23)19(22)15-21(17)26/h14-15,18,24,26H,2-13,16H2,1H3. The minimum atomic E-state index is -0.537. The van der Waals surface area contributed by atoms with Crippen LogP contribution >= 0.6 is 11.6 Å². The van der Waals surface area contributed by atoms with Gasteiger partial charge in [-0.1, -0.05) is 57.0 Å². The Bertz CT molecular complexity index is 551. The Labute approximate surface area is 168 Å². The molecular weight excluding hydrogens is 367 g/mol. The molecule has 1 aliphatic rings. The van der Waals surface area contributed by atoms with Crippen molar-refractivity contribution in [2.45, 2.75) is 77.4 Å². The van der Waals surface area contributed by atoms with Gasteiger partial charge in [0.05, 0.1) is 11.1 Å². The van der Waals surface area contributed by atoms with Gasteiger partial charge in [-0.15, -0.1) is 0 Å². The lowest BCUT2D eigenvalue weighted by Crippen LogP contribution is -2.39. The number of piperidine rings is 1. The number of hydroxylamine groups is 1. The van der Waals surface area contributed by atoms with Gasteiger partial charge < -0.3 is 10.0 Å². The molecule has 1 saturated heterocycles. The van der Waals surface area contributed by atoms with Crippen LogP contribution in [0.1, 0.15) is 70.3 Å². The number of likely N-dealkylation sites (tertiary alicyclic amines) is 1. The molecule has 1 fully saturated rings. The lowest BCUT2D eigenvalue weighted by Gasteiger charge is -2.31. The van der Waals surface area contributed by atoms with Crippen molar-refractivity contribution >= 4 is 11.6 Å². The van der Waals surface area contributed by atoms with Crippen molar-refractivity contribution in [3.05, 3.63) is 28.5 Å². The smallest absolute Gasteiger partial charge is 0.142 e. The molecule has 0 amide bonds. The van der Waals surface area contributed by atoms with Gasteiger partial charge in [-0.2, -0.15) is 5.48 Å². The summed E-state index contributed by atoms with van der Waals surface area (Å²) in [5.74, 6) is -0.563. The minimum Gasteiger partial charge on any atom is -0.508 e. The van der Waals surface area contributed by atoms with Crippen LogP contribution in [0.2, 0.25) is 5.02 Å². The third-order valence-corrected chi connectivity index (χ3v) is 5.54. The van der Waals surface area contributed by atoms with Crippen molar-refractivity contribution in [3.63, 3.8) is 0 Å². The molecule has 0 atom stereocenters. The lowest BCUT2D eigenvalue weighted by molar-refractivity contribution is -0.0570. The van der Waals surface area contributed by atoms with Gasteiger partial charge in [-0.05, 0) is 31.9 Å². The molecule has 0 spiro atoms.